The maximum absolute atomic E-state index is 11.7. The van der Waals surface area contributed by atoms with E-state index in [0.717, 1.165) is 31.8 Å². The molecule has 1 aromatic carbocycles. The van der Waals surface area contributed by atoms with E-state index in [0.29, 0.717) is 19.0 Å². The maximum atomic E-state index is 11.7. The van der Waals surface area contributed by atoms with E-state index >= 15 is 0 Å². The molecule has 1 amide bonds. The van der Waals surface area contributed by atoms with Crippen molar-refractivity contribution in [1.29, 1.82) is 0 Å². The third-order valence-corrected chi connectivity index (χ3v) is 4.13. The fraction of sp³-hybridized carbons (Fsp3) is 0.579. The van der Waals surface area contributed by atoms with Crippen LogP contribution in [0.2, 0.25) is 0 Å². The number of hydrogen-bond acceptors (Lipinski definition) is 2. The number of aliphatic imine (C=N–C) groups is 1. The fourth-order valence-corrected chi connectivity index (χ4v) is 2.63. The monoisotopic (exact) mass is 330 g/mol. The first-order valence-electron chi connectivity index (χ1n) is 9.00. The van der Waals surface area contributed by atoms with Crippen molar-refractivity contribution in [3.63, 3.8) is 0 Å². The number of amides is 1. The number of nitrogens with zero attached hydrogens (tertiary/aromatic N) is 1. The minimum Gasteiger partial charge on any atom is -0.357 e. The van der Waals surface area contributed by atoms with Gasteiger partial charge in [-0.2, -0.15) is 0 Å². The number of guanidine groups is 1. The van der Waals surface area contributed by atoms with Crippen LogP contribution in [-0.4, -0.2) is 31.0 Å². The number of carbonyl (C=O) groups excluding carboxylic acids is 1. The summed E-state index contributed by atoms with van der Waals surface area (Å²) in [4.78, 5) is 16.3. The van der Waals surface area contributed by atoms with Crippen molar-refractivity contribution < 1.29 is 4.79 Å². The molecule has 0 heterocycles. The molecule has 1 aromatic rings. The predicted octanol–water partition coefficient (Wildman–Crippen LogP) is 2.67. The molecule has 3 N–H and O–H groups in total. The van der Waals surface area contributed by atoms with Crippen LogP contribution in [0.15, 0.2) is 29.3 Å². The molecule has 5 heteroatoms. The first-order valence-corrected chi connectivity index (χ1v) is 9.00. The molecule has 0 aliphatic heterocycles. The summed E-state index contributed by atoms with van der Waals surface area (Å²) in [5, 5.41) is 9.72. The second-order valence-electron chi connectivity index (χ2n) is 6.43. The summed E-state index contributed by atoms with van der Waals surface area (Å²) in [6.45, 7) is 7.77. The largest absolute Gasteiger partial charge is 0.357 e. The molecule has 0 bridgehead atoms. The topological polar surface area (TPSA) is 65.5 Å². The van der Waals surface area contributed by atoms with Crippen molar-refractivity contribution in [3.05, 3.63) is 35.4 Å². The van der Waals surface area contributed by atoms with Gasteiger partial charge in [-0.25, -0.2) is 0 Å². The van der Waals surface area contributed by atoms with Crippen molar-refractivity contribution in [1.82, 2.24) is 16.0 Å². The zero-order valence-electron chi connectivity index (χ0n) is 15.1. The van der Waals surface area contributed by atoms with E-state index in [9.17, 15) is 4.79 Å². The van der Waals surface area contributed by atoms with Gasteiger partial charge < -0.3 is 16.0 Å². The van der Waals surface area contributed by atoms with Crippen molar-refractivity contribution >= 4 is 11.9 Å². The molecule has 0 aromatic heterocycles. The van der Waals surface area contributed by atoms with E-state index in [4.69, 9.17) is 0 Å². The van der Waals surface area contributed by atoms with Crippen molar-refractivity contribution in [3.8, 4) is 0 Å². The van der Waals surface area contributed by atoms with Gasteiger partial charge in [-0.05, 0) is 51.2 Å². The quantitative estimate of drug-likeness (QED) is 0.390. The standard InChI is InChI=1S/C19H30N4O/c1-4-20-19(21-13-7-10-18(24)23-16-11-12-16)22-15(3)17-9-6-5-8-14(17)2/h5-6,8-9,15-16H,4,7,10-13H2,1-3H3,(H,23,24)(H2,20,21,22). The number of carbonyl (C=O) groups is 1. The second kappa shape index (κ2) is 9.30. The van der Waals surface area contributed by atoms with E-state index in [1.165, 1.54) is 11.1 Å². The summed E-state index contributed by atoms with van der Waals surface area (Å²) in [6, 6.07) is 8.99. The lowest BCUT2D eigenvalue weighted by atomic mass is 10.0. The van der Waals surface area contributed by atoms with Gasteiger partial charge in [-0.15, -0.1) is 0 Å². The van der Waals surface area contributed by atoms with Crippen LogP contribution in [0.25, 0.3) is 0 Å². The molecule has 1 aliphatic rings. The highest BCUT2D eigenvalue weighted by molar-refractivity contribution is 5.80. The van der Waals surface area contributed by atoms with Gasteiger partial charge in [0.1, 0.15) is 0 Å². The molecule has 1 unspecified atom stereocenters. The average molecular weight is 330 g/mol. The molecule has 5 nitrogen and oxygen atoms in total. The van der Waals surface area contributed by atoms with Gasteiger partial charge in [0.05, 0.1) is 6.04 Å². The van der Waals surface area contributed by atoms with Crippen LogP contribution >= 0.6 is 0 Å². The Kier molecular flexibility index (Phi) is 7.09. The van der Waals surface area contributed by atoms with Gasteiger partial charge in [-0.3, -0.25) is 9.79 Å². The summed E-state index contributed by atoms with van der Waals surface area (Å²) < 4.78 is 0. The Bertz CT molecular complexity index is 566. The third kappa shape index (κ3) is 6.22. The molecule has 1 aliphatic carbocycles. The zero-order chi connectivity index (χ0) is 17.4. The smallest absolute Gasteiger partial charge is 0.220 e. The Morgan fingerprint density at radius 2 is 2.08 bits per heavy atom. The summed E-state index contributed by atoms with van der Waals surface area (Å²) >= 11 is 0. The molecule has 2 rings (SSSR count). The van der Waals surface area contributed by atoms with Crippen LogP contribution in [-0.2, 0) is 4.79 Å². The van der Waals surface area contributed by atoms with Gasteiger partial charge in [-0.1, -0.05) is 24.3 Å². The van der Waals surface area contributed by atoms with Crippen LogP contribution in [0.1, 0.15) is 56.7 Å². The molecule has 1 fully saturated rings. The summed E-state index contributed by atoms with van der Waals surface area (Å²) in [7, 11) is 0. The maximum Gasteiger partial charge on any atom is 0.220 e. The molecule has 24 heavy (non-hydrogen) atoms. The van der Waals surface area contributed by atoms with E-state index in [1.807, 2.05) is 0 Å². The summed E-state index contributed by atoms with van der Waals surface area (Å²) in [5.74, 6) is 0.954. The third-order valence-electron chi connectivity index (χ3n) is 4.13. The minimum atomic E-state index is 0.152. The second-order valence-corrected chi connectivity index (χ2v) is 6.43. The van der Waals surface area contributed by atoms with Crippen LogP contribution in [0.3, 0.4) is 0 Å². The van der Waals surface area contributed by atoms with Crippen molar-refractivity contribution in [2.24, 2.45) is 4.99 Å². The van der Waals surface area contributed by atoms with Crippen molar-refractivity contribution in [2.45, 2.75) is 58.5 Å². The predicted molar refractivity (Wildman–Crippen MR) is 99.1 cm³/mol. The van der Waals surface area contributed by atoms with E-state index < -0.39 is 0 Å². The SMILES string of the molecule is CCNC(=NCCCC(=O)NC1CC1)NC(C)c1ccccc1C. The van der Waals surface area contributed by atoms with Gasteiger partial charge in [0.25, 0.3) is 0 Å². The Labute approximate surface area is 145 Å². The van der Waals surface area contributed by atoms with E-state index in [2.05, 4.69) is 66.0 Å². The number of rotatable bonds is 8. The molecule has 0 spiro atoms. The Balaban J connectivity index is 1.81. The highest BCUT2D eigenvalue weighted by atomic mass is 16.1. The number of hydrogen-bond donors (Lipinski definition) is 3. The van der Waals surface area contributed by atoms with Gasteiger partial charge in [0.15, 0.2) is 5.96 Å². The van der Waals surface area contributed by atoms with Crippen LogP contribution in [0.4, 0.5) is 0 Å². The molecule has 1 saturated carbocycles. The zero-order valence-corrected chi connectivity index (χ0v) is 15.1. The Hall–Kier alpha value is -2.04. The molecule has 0 radical (unpaired) electrons. The Morgan fingerprint density at radius 1 is 1.33 bits per heavy atom. The number of aryl methyl sites for hydroxylation is 1. The fourth-order valence-electron chi connectivity index (χ4n) is 2.63. The average Bonchev–Trinajstić information content (AvgIpc) is 3.36. The highest BCUT2D eigenvalue weighted by Crippen LogP contribution is 2.18. The van der Waals surface area contributed by atoms with E-state index in [-0.39, 0.29) is 11.9 Å². The van der Waals surface area contributed by atoms with Gasteiger partial charge in [0, 0.05) is 25.6 Å². The van der Waals surface area contributed by atoms with Gasteiger partial charge >= 0.3 is 0 Å². The minimum absolute atomic E-state index is 0.152. The lowest BCUT2D eigenvalue weighted by Gasteiger charge is -2.19. The molecular formula is C19H30N4O. The van der Waals surface area contributed by atoms with Gasteiger partial charge in [0.2, 0.25) is 5.91 Å². The normalized spacial score (nSPS) is 15.7. The lowest BCUT2D eigenvalue weighted by Crippen LogP contribution is -2.39. The first kappa shape index (κ1) is 18.3. The van der Waals surface area contributed by atoms with E-state index in [1.54, 1.807) is 0 Å². The lowest BCUT2D eigenvalue weighted by molar-refractivity contribution is -0.121. The summed E-state index contributed by atoms with van der Waals surface area (Å²) in [6.07, 6.45) is 3.59. The number of benzene rings is 1. The summed E-state index contributed by atoms with van der Waals surface area (Å²) in [5.41, 5.74) is 2.54. The molecular weight excluding hydrogens is 300 g/mol. The first-order chi connectivity index (χ1) is 11.6. The van der Waals surface area contributed by atoms with Crippen LogP contribution in [0, 0.1) is 6.92 Å². The number of nitrogens with one attached hydrogen (secondary N) is 3. The van der Waals surface area contributed by atoms with Crippen molar-refractivity contribution in [2.75, 3.05) is 13.1 Å². The molecule has 0 saturated heterocycles. The molecule has 132 valence electrons. The van der Waals surface area contributed by atoms with Crippen LogP contribution < -0.4 is 16.0 Å². The van der Waals surface area contributed by atoms with Crippen LogP contribution in [0.5, 0.6) is 0 Å². The Morgan fingerprint density at radius 3 is 2.75 bits per heavy atom. The molecule has 1 atom stereocenters. The highest BCUT2D eigenvalue weighted by Gasteiger charge is 2.22.